The van der Waals surface area contributed by atoms with Crippen LogP contribution < -0.4 is 10.0 Å². The molecule has 0 aliphatic rings. The molecule has 0 fully saturated rings. The van der Waals surface area contributed by atoms with Crippen LogP contribution in [-0.4, -0.2) is 25.4 Å². The van der Waals surface area contributed by atoms with E-state index in [1.54, 1.807) is 24.4 Å². The summed E-state index contributed by atoms with van der Waals surface area (Å²) in [4.78, 5) is 15.9. The number of carbonyl (C=O) groups excluding carboxylic acids is 1. The lowest BCUT2D eigenvalue weighted by Crippen LogP contribution is -2.44. The summed E-state index contributed by atoms with van der Waals surface area (Å²) in [6.45, 7) is 1.63. The highest BCUT2D eigenvalue weighted by molar-refractivity contribution is 7.89. The van der Waals surface area contributed by atoms with Crippen LogP contribution in [0.25, 0.3) is 0 Å². The number of hydrogen-bond acceptors (Lipinski definition) is 4. The highest BCUT2D eigenvalue weighted by atomic mass is 35.5. The molecule has 0 aliphatic heterocycles. The summed E-state index contributed by atoms with van der Waals surface area (Å²) in [6.07, 6.45) is 1.61. The Kier molecular flexibility index (Phi) is 6.17. The predicted octanol–water partition coefficient (Wildman–Crippen LogP) is 2.37. The summed E-state index contributed by atoms with van der Waals surface area (Å²) in [5.74, 6) is -0.484. The average molecular weight is 388 g/mol. The molecule has 1 atom stereocenters. The van der Waals surface area contributed by atoms with Gasteiger partial charge in [0.15, 0.2) is 0 Å². The molecule has 9 heteroatoms. The van der Waals surface area contributed by atoms with E-state index < -0.39 is 22.0 Å². The van der Waals surface area contributed by atoms with Crippen molar-refractivity contribution in [1.82, 2.24) is 15.0 Å². The van der Waals surface area contributed by atoms with Crippen molar-refractivity contribution >= 4 is 39.1 Å². The minimum absolute atomic E-state index is 0.0213. The molecule has 0 bridgehead atoms. The molecular weight excluding hydrogens is 373 g/mol. The molecule has 2 N–H and O–H groups in total. The first-order valence-electron chi connectivity index (χ1n) is 6.94. The van der Waals surface area contributed by atoms with Crippen molar-refractivity contribution in [2.24, 2.45) is 0 Å². The van der Waals surface area contributed by atoms with E-state index in [1.165, 1.54) is 25.1 Å². The number of nitrogens with one attached hydrogen (secondary N) is 2. The molecule has 1 aromatic heterocycles. The van der Waals surface area contributed by atoms with Gasteiger partial charge in [0.05, 0.1) is 23.3 Å². The predicted molar refractivity (Wildman–Crippen MR) is 92.3 cm³/mol. The summed E-state index contributed by atoms with van der Waals surface area (Å²) in [5, 5.41) is 2.86. The van der Waals surface area contributed by atoms with Gasteiger partial charge in [-0.25, -0.2) is 8.42 Å². The van der Waals surface area contributed by atoms with Crippen molar-refractivity contribution < 1.29 is 13.2 Å². The number of halogens is 2. The van der Waals surface area contributed by atoms with Gasteiger partial charge < -0.3 is 5.32 Å². The molecule has 0 saturated carbocycles. The van der Waals surface area contributed by atoms with Crippen molar-refractivity contribution in [2.75, 3.05) is 0 Å². The molecule has 0 saturated heterocycles. The number of aromatic nitrogens is 1. The van der Waals surface area contributed by atoms with Crippen LogP contribution in [0.5, 0.6) is 0 Å². The van der Waals surface area contributed by atoms with Crippen LogP contribution in [-0.2, 0) is 21.4 Å². The van der Waals surface area contributed by atoms with Gasteiger partial charge in [-0.3, -0.25) is 9.78 Å². The van der Waals surface area contributed by atoms with E-state index >= 15 is 0 Å². The van der Waals surface area contributed by atoms with Crippen LogP contribution in [0, 0.1) is 0 Å². The third-order valence-corrected chi connectivity index (χ3v) is 5.34. The maximum atomic E-state index is 12.3. The zero-order valence-electron chi connectivity index (χ0n) is 12.7. The third-order valence-electron chi connectivity index (χ3n) is 3.08. The van der Waals surface area contributed by atoms with Gasteiger partial charge >= 0.3 is 0 Å². The van der Waals surface area contributed by atoms with Gasteiger partial charge in [-0.05, 0) is 37.3 Å². The number of carbonyl (C=O) groups is 1. The largest absolute Gasteiger partial charge is 0.349 e. The van der Waals surface area contributed by atoms with Crippen LogP contribution in [0.2, 0.25) is 10.0 Å². The van der Waals surface area contributed by atoms with E-state index in [-0.39, 0.29) is 21.5 Å². The molecule has 0 spiro atoms. The topological polar surface area (TPSA) is 88.2 Å². The molecule has 24 heavy (non-hydrogen) atoms. The van der Waals surface area contributed by atoms with Crippen LogP contribution >= 0.6 is 23.2 Å². The Morgan fingerprint density at radius 1 is 1.25 bits per heavy atom. The zero-order valence-corrected chi connectivity index (χ0v) is 15.0. The fourth-order valence-corrected chi connectivity index (χ4v) is 3.83. The Morgan fingerprint density at radius 2 is 2.00 bits per heavy atom. The fraction of sp³-hybridized carbons (Fsp3) is 0.200. The van der Waals surface area contributed by atoms with Gasteiger partial charge in [0, 0.05) is 11.2 Å². The number of benzene rings is 1. The van der Waals surface area contributed by atoms with Gasteiger partial charge in [0.1, 0.15) is 4.90 Å². The van der Waals surface area contributed by atoms with E-state index in [9.17, 15) is 13.2 Å². The Hall–Kier alpha value is -1.67. The normalized spacial score (nSPS) is 12.6. The van der Waals surface area contributed by atoms with Crippen LogP contribution in [0.15, 0.2) is 47.5 Å². The summed E-state index contributed by atoms with van der Waals surface area (Å²) >= 11 is 11.7. The third kappa shape index (κ3) is 4.91. The molecule has 1 heterocycles. The summed E-state index contributed by atoms with van der Waals surface area (Å²) in [7, 11) is -3.98. The monoisotopic (exact) mass is 387 g/mol. The lowest BCUT2D eigenvalue weighted by Gasteiger charge is -2.15. The molecule has 1 aromatic carbocycles. The lowest BCUT2D eigenvalue weighted by atomic mass is 10.3. The molecular formula is C15H15Cl2N3O3S. The van der Waals surface area contributed by atoms with Gasteiger partial charge in [-0.2, -0.15) is 4.72 Å². The van der Waals surface area contributed by atoms with Crippen LogP contribution in [0.1, 0.15) is 12.6 Å². The second kappa shape index (κ2) is 7.94. The van der Waals surface area contributed by atoms with Gasteiger partial charge in [0.25, 0.3) is 0 Å². The Bertz CT molecular complexity index is 829. The van der Waals surface area contributed by atoms with E-state index in [0.29, 0.717) is 5.69 Å². The van der Waals surface area contributed by atoms with Gasteiger partial charge in [-0.15, -0.1) is 0 Å². The summed E-state index contributed by atoms with van der Waals surface area (Å²) in [6, 6.07) is 8.40. The second-order valence-corrected chi connectivity index (χ2v) is 7.48. The average Bonchev–Trinajstić information content (AvgIpc) is 2.55. The molecule has 6 nitrogen and oxygen atoms in total. The first-order valence-corrected chi connectivity index (χ1v) is 9.18. The molecule has 0 aliphatic carbocycles. The maximum Gasteiger partial charge on any atom is 0.242 e. The van der Waals surface area contributed by atoms with Crippen molar-refractivity contribution in [3.05, 3.63) is 58.3 Å². The Balaban J connectivity index is 2.03. The van der Waals surface area contributed by atoms with Crippen molar-refractivity contribution in [2.45, 2.75) is 24.4 Å². The Morgan fingerprint density at radius 3 is 2.67 bits per heavy atom. The first-order chi connectivity index (χ1) is 11.3. The number of pyridine rings is 1. The van der Waals surface area contributed by atoms with Crippen LogP contribution in [0.3, 0.4) is 0 Å². The van der Waals surface area contributed by atoms with Crippen molar-refractivity contribution in [3.8, 4) is 0 Å². The highest BCUT2D eigenvalue weighted by Crippen LogP contribution is 2.24. The molecule has 2 aromatic rings. The van der Waals surface area contributed by atoms with Gasteiger partial charge in [0.2, 0.25) is 15.9 Å². The lowest BCUT2D eigenvalue weighted by molar-refractivity contribution is -0.122. The minimum Gasteiger partial charge on any atom is -0.349 e. The van der Waals surface area contributed by atoms with Crippen molar-refractivity contribution in [3.63, 3.8) is 0 Å². The molecule has 2 rings (SSSR count). The number of nitrogens with zero attached hydrogens (tertiary/aromatic N) is 1. The maximum absolute atomic E-state index is 12.3. The standard InChI is InChI=1S/C15H15Cl2N3O3S/c1-10(15(21)19-9-12-4-2-3-7-18-12)20-24(22,23)14-8-11(16)5-6-13(14)17/h2-8,10,20H,9H2,1H3,(H,19,21)/t10-/m0/s1. The number of hydrogen-bond donors (Lipinski definition) is 2. The smallest absolute Gasteiger partial charge is 0.242 e. The van der Waals surface area contributed by atoms with Crippen LogP contribution in [0.4, 0.5) is 0 Å². The highest BCUT2D eigenvalue weighted by Gasteiger charge is 2.24. The minimum atomic E-state index is -3.98. The SMILES string of the molecule is C[C@H](NS(=O)(=O)c1cc(Cl)ccc1Cl)C(=O)NCc1ccccn1. The quantitative estimate of drug-likeness (QED) is 0.795. The number of sulfonamides is 1. The molecule has 0 unspecified atom stereocenters. The zero-order chi connectivity index (χ0) is 17.7. The van der Waals surface area contributed by atoms with E-state index in [1.807, 2.05) is 0 Å². The molecule has 0 radical (unpaired) electrons. The van der Waals surface area contributed by atoms with E-state index in [4.69, 9.17) is 23.2 Å². The van der Waals surface area contributed by atoms with Gasteiger partial charge in [-0.1, -0.05) is 29.3 Å². The Labute approximate surface area is 150 Å². The van der Waals surface area contributed by atoms with E-state index in [0.717, 1.165) is 0 Å². The van der Waals surface area contributed by atoms with Crippen molar-refractivity contribution in [1.29, 1.82) is 0 Å². The van der Waals surface area contributed by atoms with E-state index in [2.05, 4.69) is 15.0 Å². The first kappa shape index (κ1) is 18.7. The number of amides is 1. The fourth-order valence-electron chi connectivity index (χ4n) is 1.87. The molecule has 128 valence electrons. The summed E-state index contributed by atoms with van der Waals surface area (Å²) < 4.78 is 27.0. The molecule has 1 amide bonds. The number of rotatable bonds is 6. The second-order valence-electron chi connectivity index (χ2n) is 4.96. The summed E-state index contributed by atoms with van der Waals surface area (Å²) in [5.41, 5.74) is 0.666.